The van der Waals surface area contributed by atoms with Crippen molar-refractivity contribution >= 4 is 27.4 Å². The van der Waals surface area contributed by atoms with Crippen LogP contribution in [0.15, 0.2) is 59.5 Å². The monoisotopic (exact) mass is 608 g/mol. The summed E-state index contributed by atoms with van der Waals surface area (Å²) >= 11 is 6.12. The van der Waals surface area contributed by atoms with Crippen molar-refractivity contribution in [3.05, 3.63) is 82.4 Å². The molecule has 1 aliphatic heterocycles. The molecule has 3 aromatic rings. The summed E-state index contributed by atoms with van der Waals surface area (Å²) in [4.78, 5) is 12.4. The Kier molecular flexibility index (Phi) is 9.13. The molecule has 1 aliphatic rings. The zero-order chi connectivity index (χ0) is 29.9. The van der Waals surface area contributed by atoms with Gasteiger partial charge in [0, 0.05) is 23.6 Å². The number of esters is 1. The summed E-state index contributed by atoms with van der Waals surface area (Å²) in [5, 5.41) is -0.936. The molecule has 7 nitrogen and oxygen atoms in total. The zero-order valence-corrected chi connectivity index (χ0v) is 24.7. The number of benzene rings is 3. The average molecular weight is 609 g/mol. The van der Waals surface area contributed by atoms with Crippen molar-refractivity contribution in [3.63, 3.8) is 0 Å². The van der Waals surface area contributed by atoms with E-state index in [4.69, 9.17) is 30.5 Å². The highest BCUT2D eigenvalue weighted by Crippen LogP contribution is 2.46. The van der Waals surface area contributed by atoms with Gasteiger partial charge < -0.3 is 18.9 Å². The molecule has 0 spiro atoms. The Balaban J connectivity index is 1.72. The molecule has 2 unspecified atom stereocenters. The van der Waals surface area contributed by atoms with E-state index in [0.29, 0.717) is 11.3 Å². The maximum Gasteiger partial charge on any atom is 0.311 e. The third-order valence-corrected chi connectivity index (χ3v) is 9.40. The molecule has 220 valence electrons. The summed E-state index contributed by atoms with van der Waals surface area (Å²) in [5.74, 6) is -1.30. The van der Waals surface area contributed by atoms with Gasteiger partial charge in [-0.15, -0.1) is 0 Å². The van der Waals surface area contributed by atoms with Gasteiger partial charge in [0.15, 0.2) is 21.4 Å². The summed E-state index contributed by atoms with van der Waals surface area (Å²) in [7, 11) is -2.87. The number of hydrogen-bond donors (Lipinski definition) is 0. The van der Waals surface area contributed by atoms with E-state index in [2.05, 4.69) is 0 Å². The van der Waals surface area contributed by atoms with Gasteiger partial charge in [0.2, 0.25) is 0 Å². The normalized spacial score (nSPS) is 16.9. The summed E-state index contributed by atoms with van der Waals surface area (Å²) in [6.07, 6.45) is -0.470. The van der Waals surface area contributed by atoms with Crippen molar-refractivity contribution in [1.82, 2.24) is 0 Å². The van der Waals surface area contributed by atoms with E-state index < -0.39 is 44.2 Å². The summed E-state index contributed by atoms with van der Waals surface area (Å²) in [6.45, 7) is 5.15. The Labute approximate surface area is 243 Å². The summed E-state index contributed by atoms with van der Waals surface area (Å²) < 4.78 is 78.6. The third-order valence-electron chi connectivity index (χ3n) is 6.94. The maximum atomic E-state index is 14.3. The summed E-state index contributed by atoms with van der Waals surface area (Å²) in [5.41, 5.74) is -0.476. The molecule has 2 atom stereocenters. The molecule has 0 saturated carbocycles. The number of ether oxygens (including phenoxy) is 4. The van der Waals surface area contributed by atoms with Crippen LogP contribution >= 0.6 is 11.6 Å². The third kappa shape index (κ3) is 6.59. The predicted molar refractivity (Wildman–Crippen MR) is 149 cm³/mol. The van der Waals surface area contributed by atoms with Gasteiger partial charge in [0.25, 0.3) is 0 Å². The lowest BCUT2D eigenvalue weighted by Crippen LogP contribution is -2.37. The van der Waals surface area contributed by atoms with Crippen LogP contribution in [0.1, 0.15) is 50.0 Å². The molecule has 3 aromatic carbocycles. The standard InChI is InChI=1S/C30H31ClF2O7S/c1-5-38-29(34)30(2,3)16-19-14-28(41(35,36)20-10-11-25(33)27(15-20)37-4)21-13-18(9-12-26(21)40-19)39-17-22-23(31)7-6-8-24(22)32/h6-13,15,19,28H,5,14,16-17H2,1-4H3. The fourth-order valence-corrected chi connectivity index (χ4v) is 6.84. The highest BCUT2D eigenvalue weighted by Gasteiger charge is 2.42. The second kappa shape index (κ2) is 12.2. The van der Waals surface area contributed by atoms with Crippen LogP contribution in [0.25, 0.3) is 0 Å². The van der Waals surface area contributed by atoms with Crippen LogP contribution in [0, 0.1) is 17.0 Å². The van der Waals surface area contributed by atoms with Crippen LogP contribution in [0.3, 0.4) is 0 Å². The molecule has 0 radical (unpaired) electrons. The van der Waals surface area contributed by atoms with E-state index in [1.54, 1.807) is 39.0 Å². The van der Waals surface area contributed by atoms with Crippen molar-refractivity contribution < 1.29 is 40.9 Å². The van der Waals surface area contributed by atoms with Crippen LogP contribution in [-0.4, -0.2) is 34.2 Å². The minimum Gasteiger partial charge on any atom is -0.494 e. The largest absolute Gasteiger partial charge is 0.494 e. The number of carbonyl (C=O) groups is 1. The van der Waals surface area contributed by atoms with Crippen molar-refractivity contribution in [2.75, 3.05) is 13.7 Å². The molecule has 0 aromatic heterocycles. The van der Waals surface area contributed by atoms with Crippen molar-refractivity contribution in [2.45, 2.75) is 56.5 Å². The van der Waals surface area contributed by atoms with E-state index in [1.807, 2.05) is 0 Å². The van der Waals surface area contributed by atoms with Crippen LogP contribution in [0.5, 0.6) is 17.2 Å². The molecule has 0 fully saturated rings. The first-order valence-corrected chi connectivity index (χ1v) is 14.9. The van der Waals surface area contributed by atoms with Gasteiger partial charge in [0.05, 0.1) is 34.3 Å². The Hall–Kier alpha value is -3.37. The number of halogens is 3. The Bertz CT molecular complexity index is 1520. The Morgan fingerprint density at radius 3 is 2.54 bits per heavy atom. The Morgan fingerprint density at radius 2 is 1.85 bits per heavy atom. The van der Waals surface area contributed by atoms with Gasteiger partial charge in [-0.2, -0.15) is 0 Å². The SMILES string of the molecule is CCOC(=O)C(C)(C)CC1CC(S(=O)(=O)c2ccc(F)c(OC)c2)c2cc(OCc3c(F)cccc3Cl)ccc2O1. The quantitative estimate of drug-likeness (QED) is 0.184. The van der Waals surface area contributed by atoms with E-state index in [0.717, 1.165) is 12.1 Å². The molecule has 11 heteroatoms. The number of hydrogen-bond acceptors (Lipinski definition) is 7. The first-order chi connectivity index (χ1) is 19.4. The minimum atomic E-state index is -4.12. The number of rotatable bonds is 10. The van der Waals surface area contributed by atoms with E-state index in [9.17, 15) is 22.0 Å². The molecule has 0 aliphatic carbocycles. The number of fused-ring (bicyclic) bond motifs is 1. The molecular weight excluding hydrogens is 578 g/mol. The van der Waals surface area contributed by atoms with E-state index in [1.165, 1.54) is 31.4 Å². The lowest BCUT2D eigenvalue weighted by molar-refractivity contribution is -0.155. The highest BCUT2D eigenvalue weighted by molar-refractivity contribution is 7.91. The second-order valence-corrected chi connectivity index (χ2v) is 12.8. The predicted octanol–water partition coefficient (Wildman–Crippen LogP) is 6.85. The smallest absolute Gasteiger partial charge is 0.311 e. The molecule has 1 heterocycles. The second-order valence-electron chi connectivity index (χ2n) is 10.3. The lowest BCUT2D eigenvalue weighted by Gasteiger charge is -2.35. The van der Waals surface area contributed by atoms with E-state index >= 15 is 0 Å². The van der Waals surface area contributed by atoms with E-state index in [-0.39, 0.29) is 53.0 Å². The molecule has 41 heavy (non-hydrogen) atoms. The first-order valence-electron chi connectivity index (χ1n) is 13.0. The van der Waals surface area contributed by atoms with Gasteiger partial charge in [-0.3, -0.25) is 4.79 Å². The molecule has 0 N–H and O–H groups in total. The maximum absolute atomic E-state index is 14.3. The fourth-order valence-electron chi connectivity index (χ4n) is 4.77. The van der Waals surface area contributed by atoms with Crippen LogP contribution in [0.4, 0.5) is 8.78 Å². The Morgan fingerprint density at radius 1 is 1.10 bits per heavy atom. The van der Waals surface area contributed by atoms with Gasteiger partial charge in [-0.25, -0.2) is 17.2 Å². The molecular formula is C30H31ClF2O7S. The van der Waals surface area contributed by atoms with Crippen LogP contribution < -0.4 is 14.2 Å². The summed E-state index contributed by atoms with van der Waals surface area (Å²) in [6, 6.07) is 12.3. The molecule has 0 amide bonds. The number of sulfone groups is 1. The van der Waals surface area contributed by atoms with Gasteiger partial charge in [0.1, 0.15) is 30.0 Å². The molecule has 4 rings (SSSR count). The van der Waals surface area contributed by atoms with Crippen molar-refractivity contribution in [2.24, 2.45) is 5.41 Å². The molecule has 0 saturated heterocycles. The fraction of sp³-hybridized carbons (Fsp3) is 0.367. The molecule has 0 bridgehead atoms. The number of carbonyl (C=O) groups excluding carboxylic acids is 1. The van der Waals surface area contributed by atoms with Crippen LogP contribution in [0.2, 0.25) is 5.02 Å². The van der Waals surface area contributed by atoms with Crippen molar-refractivity contribution in [1.29, 1.82) is 0 Å². The lowest BCUT2D eigenvalue weighted by atomic mass is 9.84. The topological polar surface area (TPSA) is 88.1 Å². The number of methoxy groups -OCH3 is 1. The zero-order valence-electron chi connectivity index (χ0n) is 23.1. The van der Waals surface area contributed by atoms with Gasteiger partial charge in [-0.1, -0.05) is 17.7 Å². The van der Waals surface area contributed by atoms with Gasteiger partial charge in [-0.05, 0) is 69.7 Å². The van der Waals surface area contributed by atoms with Gasteiger partial charge >= 0.3 is 5.97 Å². The van der Waals surface area contributed by atoms with Crippen LogP contribution in [-0.2, 0) is 26.0 Å². The van der Waals surface area contributed by atoms with Crippen molar-refractivity contribution in [3.8, 4) is 17.2 Å². The minimum absolute atomic E-state index is 0.000452. The highest BCUT2D eigenvalue weighted by atomic mass is 35.5. The first kappa shape index (κ1) is 30.6. The average Bonchev–Trinajstić information content (AvgIpc) is 2.92.